The summed E-state index contributed by atoms with van der Waals surface area (Å²) >= 11 is 4.47. The summed E-state index contributed by atoms with van der Waals surface area (Å²) in [5, 5.41) is 9.41. The van der Waals surface area contributed by atoms with Crippen molar-refractivity contribution in [1.29, 1.82) is 0 Å². The van der Waals surface area contributed by atoms with Gasteiger partial charge in [-0.1, -0.05) is 28.1 Å². The standard InChI is InChI=1S/C27H23BrN4O6S/c1-3-38-27(36)23-18-14-39-25(22(18)26(35)32(30-23)17-10-8-16(28)9-11-17)29-24(34)15-12-21(33)31(13-15)19-6-4-5-7-20(19)37-2/h4-11,14-15H,3,12-13H2,1-2H3,(H,29,34). The van der Waals surface area contributed by atoms with Crippen LogP contribution in [0.25, 0.3) is 16.5 Å². The molecule has 2 aromatic heterocycles. The van der Waals surface area contributed by atoms with Crippen molar-refractivity contribution in [2.45, 2.75) is 13.3 Å². The third-order valence-electron chi connectivity index (χ3n) is 6.30. The van der Waals surface area contributed by atoms with Gasteiger partial charge in [-0.2, -0.15) is 9.78 Å². The zero-order chi connectivity index (χ0) is 27.7. The van der Waals surface area contributed by atoms with Crippen LogP contribution in [0.5, 0.6) is 5.75 Å². The maximum absolute atomic E-state index is 13.6. The lowest BCUT2D eigenvalue weighted by atomic mass is 10.1. The number of fused-ring (bicyclic) bond motifs is 1. The van der Waals surface area contributed by atoms with Crippen LogP contribution >= 0.6 is 27.3 Å². The summed E-state index contributed by atoms with van der Waals surface area (Å²) in [5.41, 5.74) is 0.483. The molecule has 1 fully saturated rings. The van der Waals surface area contributed by atoms with Gasteiger partial charge in [-0.3, -0.25) is 14.4 Å². The lowest BCUT2D eigenvalue weighted by molar-refractivity contribution is -0.122. The van der Waals surface area contributed by atoms with Crippen LogP contribution in [-0.2, 0) is 14.3 Å². The number of halogens is 1. The van der Waals surface area contributed by atoms with E-state index >= 15 is 0 Å². The fourth-order valence-electron chi connectivity index (χ4n) is 4.43. The number of para-hydroxylation sites is 2. The van der Waals surface area contributed by atoms with E-state index in [2.05, 4.69) is 26.3 Å². The number of hydrogen-bond acceptors (Lipinski definition) is 8. The molecule has 10 nitrogen and oxygen atoms in total. The summed E-state index contributed by atoms with van der Waals surface area (Å²) in [5.74, 6) is -1.42. The van der Waals surface area contributed by atoms with Crippen LogP contribution in [0, 0.1) is 5.92 Å². The van der Waals surface area contributed by atoms with Gasteiger partial charge in [0.1, 0.15) is 10.8 Å². The molecule has 3 heterocycles. The van der Waals surface area contributed by atoms with Gasteiger partial charge in [-0.25, -0.2) is 4.79 Å². The number of aromatic nitrogens is 2. The Bertz CT molecular complexity index is 1650. The van der Waals surface area contributed by atoms with Crippen molar-refractivity contribution in [2.75, 3.05) is 30.5 Å². The van der Waals surface area contributed by atoms with Gasteiger partial charge < -0.3 is 19.7 Å². The number of carbonyl (C=O) groups excluding carboxylic acids is 3. The molecule has 5 rings (SSSR count). The highest BCUT2D eigenvalue weighted by Gasteiger charge is 2.37. The first-order valence-corrected chi connectivity index (χ1v) is 13.7. The molecule has 1 atom stereocenters. The highest BCUT2D eigenvalue weighted by molar-refractivity contribution is 9.10. The van der Waals surface area contributed by atoms with Crippen LogP contribution in [0.3, 0.4) is 0 Å². The van der Waals surface area contributed by atoms with E-state index < -0.39 is 23.4 Å². The van der Waals surface area contributed by atoms with E-state index in [1.807, 2.05) is 0 Å². The van der Waals surface area contributed by atoms with Gasteiger partial charge >= 0.3 is 5.97 Å². The Kier molecular flexibility index (Phi) is 7.49. The maximum atomic E-state index is 13.6. The van der Waals surface area contributed by atoms with Gasteiger partial charge in [0.25, 0.3) is 5.56 Å². The van der Waals surface area contributed by atoms with Gasteiger partial charge in [0.05, 0.1) is 36.4 Å². The summed E-state index contributed by atoms with van der Waals surface area (Å²) in [6.45, 7) is 1.97. The minimum atomic E-state index is -0.683. The lowest BCUT2D eigenvalue weighted by Crippen LogP contribution is -2.29. The molecule has 1 unspecified atom stereocenters. The Balaban J connectivity index is 1.50. The SMILES string of the molecule is CCOC(=O)c1nn(-c2ccc(Br)cc2)c(=O)c2c(NC(=O)C3CC(=O)N(c4ccccc4OC)C3)scc12. The van der Waals surface area contributed by atoms with Crippen LogP contribution in [0.4, 0.5) is 10.7 Å². The third kappa shape index (κ3) is 5.04. The first-order chi connectivity index (χ1) is 18.8. The number of ether oxygens (including phenoxy) is 2. The van der Waals surface area contributed by atoms with Crippen LogP contribution in [-0.4, -0.2) is 47.8 Å². The van der Waals surface area contributed by atoms with Gasteiger partial charge in [0.2, 0.25) is 11.8 Å². The number of carbonyl (C=O) groups is 3. The first kappa shape index (κ1) is 26.6. The molecule has 1 aliphatic rings. The molecule has 1 aliphatic heterocycles. The zero-order valence-electron chi connectivity index (χ0n) is 21.0. The summed E-state index contributed by atoms with van der Waals surface area (Å²) in [6, 6.07) is 14.0. The van der Waals surface area contributed by atoms with Crippen LogP contribution in [0.15, 0.2) is 63.2 Å². The van der Waals surface area contributed by atoms with Crippen molar-refractivity contribution < 1.29 is 23.9 Å². The number of nitrogens with zero attached hydrogens (tertiary/aromatic N) is 3. The fraction of sp³-hybridized carbons (Fsp3) is 0.222. The topological polar surface area (TPSA) is 120 Å². The summed E-state index contributed by atoms with van der Waals surface area (Å²) < 4.78 is 12.5. The maximum Gasteiger partial charge on any atom is 0.359 e. The van der Waals surface area contributed by atoms with Crippen molar-refractivity contribution in [1.82, 2.24) is 9.78 Å². The van der Waals surface area contributed by atoms with Crippen molar-refractivity contribution in [3.8, 4) is 11.4 Å². The molecule has 12 heteroatoms. The summed E-state index contributed by atoms with van der Waals surface area (Å²) in [4.78, 5) is 54.0. The third-order valence-corrected chi connectivity index (χ3v) is 7.72. The van der Waals surface area contributed by atoms with Gasteiger partial charge in [0, 0.05) is 28.2 Å². The molecule has 4 aromatic rings. The molecule has 39 heavy (non-hydrogen) atoms. The number of amides is 2. The lowest BCUT2D eigenvalue weighted by Gasteiger charge is -2.19. The Morgan fingerprint density at radius 3 is 2.62 bits per heavy atom. The second kappa shape index (κ2) is 11.0. The minimum absolute atomic E-state index is 0.00590. The number of hydrogen-bond donors (Lipinski definition) is 1. The van der Waals surface area contributed by atoms with Crippen molar-refractivity contribution in [3.63, 3.8) is 0 Å². The van der Waals surface area contributed by atoms with Gasteiger partial charge in [0.15, 0.2) is 5.69 Å². The second-order valence-electron chi connectivity index (χ2n) is 8.68. The number of nitrogens with one attached hydrogen (secondary N) is 1. The van der Waals surface area contributed by atoms with Crippen LogP contribution in [0.1, 0.15) is 23.8 Å². The monoisotopic (exact) mass is 610 g/mol. The number of rotatable bonds is 7. The van der Waals surface area contributed by atoms with Crippen LogP contribution < -0.4 is 20.5 Å². The van der Waals surface area contributed by atoms with E-state index in [-0.39, 0.29) is 46.9 Å². The fourth-order valence-corrected chi connectivity index (χ4v) is 5.64. The largest absolute Gasteiger partial charge is 0.495 e. The summed E-state index contributed by atoms with van der Waals surface area (Å²) in [7, 11) is 1.52. The number of thiophene rings is 1. The summed E-state index contributed by atoms with van der Waals surface area (Å²) in [6.07, 6.45) is 0.00590. The highest BCUT2D eigenvalue weighted by atomic mass is 79.9. The molecule has 200 valence electrons. The van der Waals surface area contributed by atoms with E-state index in [0.29, 0.717) is 17.1 Å². The number of methoxy groups -OCH3 is 1. The van der Waals surface area contributed by atoms with E-state index in [1.165, 1.54) is 12.0 Å². The minimum Gasteiger partial charge on any atom is -0.495 e. The molecule has 0 spiro atoms. The Morgan fingerprint density at radius 2 is 1.90 bits per heavy atom. The molecular formula is C27H23BrN4O6S. The van der Waals surface area contributed by atoms with E-state index in [0.717, 1.165) is 20.5 Å². The molecular weight excluding hydrogens is 588 g/mol. The molecule has 1 N–H and O–H groups in total. The predicted molar refractivity (Wildman–Crippen MR) is 151 cm³/mol. The van der Waals surface area contributed by atoms with Crippen LogP contribution in [0.2, 0.25) is 0 Å². The van der Waals surface area contributed by atoms with E-state index in [1.54, 1.807) is 60.8 Å². The van der Waals surface area contributed by atoms with Crippen molar-refractivity contribution >= 4 is 66.5 Å². The molecule has 0 aliphatic carbocycles. The van der Waals surface area contributed by atoms with Gasteiger partial charge in [-0.15, -0.1) is 11.3 Å². The predicted octanol–water partition coefficient (Wildman–Crippen LogP) is 4.39. The Hall–Kier alpha value is -4.03. The molecule has 0 bridgehead atoms. The Morgan fingerprint density at radius 1 is 1.15 bits per heavy atom. The molecule has 0 saturated carbocycles. The van der Waals surface area contributed by atoms with E-state index in [9.17, 15) is 19.2 Å². The zero-order valence-corrected chi connectivity index (χ0v) is 23.4. The number of anilines is 2. The Labute approximate surface area is 235 Å². The number of benzene rings is 2. The molecule has 2 amide bonds. The van der Waals surface area contributed by atoms with Gasteiger partial charge in [-0.05, 0) is 43.3 Å². The number of esters is 1. The van der Waals surface area contributed by atoms with Crippen molar-refractivity contribution in [3.05, 3.63) is 74.4 Å². The average Bonchev–Trinajstić information content (AvgIpc) is 3.53. The van der Waals surface area contributed by atoms with E-state index in [4.69, 9.17) is 9.47 Å². The smallest absolute Gasteiger partial charge is 0.359 e. The highest BCUT2D eigenvalue weighted by Crippen LogP contribution is 2.35. The normalized spacial score (nSPS) is 15.0. The molecule has 1 saturated heterocycles. The first-order valence-electron chi connectivity index (χ1n) is 12.0. The molecule has 0 radical (unpaired) electrons. The second-order valence-corrected chi connectivity index (χ2v) is 10.5. The quantitative estimate of drug-likeness (QED) is 0.308. The van der Waals surface area contributed by atoms with Crippen molar-refractivity contribution in [2.24, 2.45) is 5.92 Å². The average molecular weight is 611 g/mol. The molecule has 2 aromatic carbocycles.